The molecule has 1 fully saturated rings. The number of rotatable bonds is 2. The molecule has 0 saturated heterocycles. The molecule has 0 atom stereocenters. The van der Waals surface area contributed by atoms with E-state index >= 15 is 0 Å². The van der Waals surface area contributed by atoms with Crippen LogP contribution in [0.5, 0.6) is 0 Å². The standard InChI is InChI=1S/C12H26N2/c1-13-12(14-2)10-8-6-4-3-5-7-9-11-12/h13-14H,3-11H2,1-2H3. The van der Waals surface area contributed by atoms with E-state index in [4.69, 9.17) is 0 Å². The second-order valence-corrected chi connectivity index (χ2v) is 4.56. The Labute approximate surface area is 88.8 Å². The molecule has 1 aliphatic carbocycles. The second-order valence-electron chi connectivity index (χ2n) is 4.56. The van der Waals surface area contributed by atoms with E-state index in [-0.39, 0.29) is 5.66 Å². The fourth-order valence-electron chi connectivity index (χ4n) is 2.49. The molecule has 0 spiro atoms. The lowest BCUT2D eigenvalue weighted by Gasteiger charge is -2.34. The lowest BCUT2D eigenvalue weighted by Crippen LogP contribution is -2.53. The summed E-state index contributed by atoms with van der Waals surface area (Å²) in [5.74, 6) is 0. The third-order valence-electron chi connectivity index (χ3n) is 3.66. The van der Waals surface area contributed by atoms with Gasteiger partial charge in [-0.15, -0.1) is 0 Å². The average Bonchev–Trinajstić information content (AvgIpc) is 2.26. The summed E-state index contributed by atoms with van der Waals surface area (Å²) in [5, 5.41) is 6.94. The summed E-state index contributed by atoms with van der Waals surface area (Å²) in [7, 11) is 4.17. The van der Waals surface area contributed by atoms with Gasteiger partial charge in [-0.25, -0.2) is 0 Å². The molecule has 2 N–H and O–H groups in total. The largest absolute Gasteiger partial charge is 0.302 e. The molecule has 1 rings (SSSR count). The summed E-state index contributed by atoms with van der Waals surface area (Å²) in [6.07, 6.45) is 12.4. The van der Waals surface area contributed by atoms with E-state index in [1.54, 1.807) is 0 Å². The van der Waals surface area contributed by atoms with Crippen LogP contribution < -0.4 is 10.6 Å². The van der Waals surface area contributed by atoms with Crippen molar-refractivity contribution in [1.82, 2.24) is 10.6 Å². The van der Waals surface area contributed by atoms with E-state index in [0.717, 1.165) is 0 Å². The van der Waals surface area contributed by atoms with Gasteiger partial charge in [0.15, 0.2) is 0 Å². The van der Waals surface area contributed by atoms with Gasteiger partial charge in [0.2, 0.25) is 0 Å². The third kappa shape index (κ3) is 3.58. The molecule has 0 aromatic rings. The second kappa shape index (κ2) is 6.41. The van der Waals surface area contributed by atoms with Gasteiger partial charge < -0.3 is 10.6 Å². The van der Waals surface area contributed by atoms with Crippen LogP contribution in [0.2, 0.25) is 0 Å². The number of hydrogen-bond donors (Lipinski definition) is 2. The van der Waals surface area contributed by atoms with Crippen molar-refractivity contribution < 1.29 is 0 Å². The zero-order chi connectivity index (χ0) is 10.3. The van der Waals surface area contributed by atoms with Crippen molar-refractivity contribution >= 4 is 0 Å². The van der Waals surface area contributed by atoms with Crippen molar-refractivity contribution in [2.75, 3.05) is 14.1 Å². The van der Waals surface area contributed by atoms with Crippen LogP contribution in [0.1, 0.15) is 57.8 Å². The Morgan fingerprint density at radius 1 is 0.643 bits per heavy atom. The van der Waals surface area contributed by atoms with Crippen molar-refractivity contribution in [1.29, 1.82) is 0 Å². The Kier molecular flexibility index (Phi) is 5.49. The van der Waals surface area contributed by atoms with Crippen molar-refractivity contribution in [2.24, 2.45) is 0 Å². The first-order chi connectivity index (χ1) is 6.83. The Bertz CT molecular complexity index is 129. The fourth-order valence-corrected chi connectivity index (χ4v) is 2.49. The topological polar surface area (TPSA) is 24.1 Å². The molecule has 1 saturated carbocycles. The van der Waals surface area contributed by atoms with Gasteiger partial charge in [0.1, 0.15) is 0 Å². The minimum absolute atomic E-state index is 0.220. The predicted molar refractivity (Wildman–Crippen MR) is 62.4 cm³/mol. The first-order valence-corrected chi connectivity index (χ1v) is 6.21. The van der Waals surface area contributed by atoms with Crippen molar-refractivity contribution in [3.05, 3.63) is 0 Å². The molecule has 0 radical (unpaired) electrons. The molecule has 0 bridgehead atoms. The van der Waals surface area contributed by atoms with Gasteiger partial charge in [0, 0.05) is 0 Å². The zero-order valence-corrected chi connectivity index (χ0v) is 9.86. The Hall–Kier alpha value is -0.0800. The molecule has 84 valence electrons. The van der Waals surface area contributed by atoms with Gasteiger partial charge >= 0.3 is 0 Å². The summed E-state index contributed by atoms with van der Waals surface area (Å²) in [6, 6.07) is 0. The molecule has 14 heavy (non-hydrogen) atoms. The molecule has 0 heterocycles. The summed E-state index contributed by atoms with van der Waals surface area (Å²) in [6.45, 7) is 0. The van der Waals surface area contributed by atoms with E-state index in [2.05, 4.69) is 24.7 Å². The van der Waals surface area contributed by atoms with E-state index in [9.17, 15) is 0 Å². The lowest BCUT2D eigenvalue weighted by atomic mass is 9.92. The Balaban J connectivity index is 2.44. The highest BCUT2D eigenvalue weighted by Gasteiger charge is 2.24. The normalized spacial score (nSPS) is 24.4. The maximum Gasteiger partial charge on any atom is 0.0682 e. The van der Waals surface area contributed by atoms with Crippen LogP contribution >= 0.6 is 0 Å². The van der Waals surface area contributed by atoms with Crippen LogP contribution in [0.4, 0.5) is 0 Å². The van der Waals surface area contributed by atoms with Crippen molar-refractivity contribution in [3.63, 3.8) is 0 Å². The summed E-state index contributed by atoms with van der Waals surface area (Å²) < 4.78 is 0. The van der Waals surface area contributed by atoms with Gasteiger partial charge in [-0.1, -0.05) is 44.9 Å². The van der Waals surface area contributed by atoms with E-state index in [1.807, 2.05) is 0 Å². The van der Waals surface area contributed by atoms with Crippen LogP contribution in [-0.4, -0.2) is 19.8 Å². The SMILES string of the molecule is CNC1(NC)CCCCCCCCC1. The van der Waals surface area contributed by atoms with Gasteiger partial charge in [-0.2, -0.15) is 0 Å². The van der Waals surface area contributed by atoms with Crippen LogP contribution in [0.3, 0.4) is 0 Å². The lowest BCUT2D eigenvalue weighted by molar-refractivity contribution is 0.232. The zero-order valence-electron chi connectivity index (χ0n) is 9.86. The minimum atomic E-state index is 0.220. The van der Waals surface area contributed by atoms with Gasteiger partial charge in [0.05, 0.1) is 5.66 Å². The average molecular weight is 198 g/mol. The highest BCUT2D eigenvalue weighted by atomic mass is 15.2. The highest BCUT2D eigenvalue weighted by molar-refractivity contribution is 4.82. The van der Waals surface area contributed by atoms with Crippen molar-refractivity contribution in [2.45, 2.75) is 63.5 Å². The Morgan fingerprint density at radius 3 is 1.36 bits per heavy atom. The van der Waals surface area contributed by atoms with E-state index in [1.165, 1.54) is 57.8 Å². The molecule has 1 aliphatic rings. The molecule has 0 aromatic carbocycles. The van der Waals surface area contributed by atoms with Gasteiger partial charge in [-0.3, -0.25) is 0 Å². The van der Waals surface area contributed by atoms with Crippen LogP contribution in [0, 0.1) is 0 Å². The third-order valence-corrected chi connectivity index (χ3v) is 3.66. The molecular weight excluding hydrogens is 172 g/mol. The summed E-state index contributed by atoms with van der Waals surface area (Å²) >= 11 is 0. The quantitative estimate of drug-likeness (QED) is 0.667. The monoisotopic (exact) mass is 198 g/mol. The number of hydrogen-bond acceptors (Lipinski definition) is 2. The molecule has 2 heteroatoms. The predicted octanol–water partition coefficient (Wildman–Crippen LogP) is 2.65. The first-order valence-electron chi connectivity index (χ1n) is 6.21. The number of nitrogens with one attached hydrogen (secondary N) is 2. The minimum Gasteiger partial charge on any atom is -0.302 e. The fraction of sp³-hybridized carbons (Fsp3) is 1.00. The molecule has 0 aromatic heterocycles. The summed E-state index contributed by atoms with van der Waals surface area (Å²) in [5.41, 5.74) is 0.220. The Morgan fingerprint density at radius 2 is 1.00 bits per heavy atom. The van der Waals surface area contributed by atoms with Crippen molar-refractivity contribution in [3.8, 4) is 0 Å². The van der Waals surface area contributed by atoms with Crippen LogP contribution in [-0.2, 0) is 0 Å². The van der Waals surface area contributed by atoms with Gasteiger partial charge in [0.25, 0.3) is 0 Å². The smallest absolute Gasteiger partial charge is 0.0682 e. The van der Waals surface area contributed by atoms with Gasteiger partial charge in [-0.05, 0) is 26.9 Å². The van der Waals surface area contributed by atoms with E-state index in [0.29, 0.717) is 0 Å². The molecule has 2 nitrogen and oxygen atoms in total. The maximum absolute atomic E-state index is 3.47. The van der Waals surface area contributed by atoms with Crippen LogP contribution in [0.15, 0.2) is 0 Å². The van der Waals surface area contributed by atoms with Crippen LogP contribution in [0.25, 0.3) is 0 Å². The molecule has 0 unspecified atom stereocenters. The highest BCUT2D eigenvalue weighted by Crippen LogP contribution is 2.22. The summed E-state index contributed by atoms with van der Waals surface area (Å²) in [4.78, 5) is 0. The first kappa shape index (κ1) is 12.0. The molecule has 0 aliphatic heterocycles. The molecule has 0 amide bonds. The molecular formula is C12H26N2. The van der Waals surface area contributed by atoms with E-state index < -0.39 is 0 Å². The maximum atomic E-state index is 3.47.